The van der Waals surface area contributed by atoms with Gasteiger partial charge in [-0.05, 0) is 25.3 Å². The predicted molar refractivity (Wildman–Crippen MR) is 65.6 cm³/mol. The first-order valence-corrected chi connectivity index (χ1v) is 6.26. The molecule has 0 aromatic rings. The molecule has 2 aliphatic rings. The first-order chi connectivity index (χ1) is 8.21. The Kier molecular flexibility index (Phi) is 3.50. The standard InChI is InChI=1S/C14H20O3/c1-3-7-13(12(15)4-2)8-5-6-9-14(13)16-10-11-17-14/h3-4H,1-2,5-11H2. The van der Waals surface area contributed by atoms with Crippen LogP contribution in [0.25, 0.3) is 0 Å². The Morgan fingerprint density at radius 3 is 2.41 bits per heavy atom. The van der Waals surface area contributed by atoms with Crippen molar-refractivity contribution < 1.29 is 14.3 Å². The molecule has 0 radical (unpaired) electrons. The fourth-order valence-corrected chi connectivity index (χ4v) is 3.20. The van der Waals surface area contributed by atoms with Crippen LogP contribution in [0.3, 0.4) is 0 Å². The summed E-state index contributed by atoms with van der Waals surface area (Å²) in [7, 11) is 0. The Bertz CT molecular complexity index is 328. The molecule has 1 aliphatic heterocycles. The van der Waals surface area contributed by atoms with Crippen molar-refractivity contribution in [1.29, 1.82) is 0 Å². The van der Waals surface area contributed by atoms with Crippen LogP contribution in [0.15, 0.2) is 25.3 Å². The average molecular weight is 236 g/mol. The Morgan fingerprint density at radius 2 is 1.82 bits per heavy atom. The van der Waals surface area contributed by atoms with E-state index in [1.54, 1.807) is 6.08 Å². The van der Waals surface area contributed by atoms with E-state index in [-0.39, 0.29) is 5.78 Å². The molecular weight excluding hydrogens is 216 g/mol. The van der Waals surface area contributed by atoms with Gasteiger partial charge >= 0.3 is 0 Å². The quantitative estimate of drug-likeness (QED) is 0.556. The summed E-state index contributed by atoms with van der Waals surface area (Å²) in [6.45, 7) is 8.54. The Balaban J connectivity index is 2.41. The molecule has 0 aromatic heterocycles. The van der Waals surface area contributed by atoms with E-state index in [1.807, 2.05) is 0 Å². The van der Waals surface area contributed by atoms with Gasteiger partial charge in [-0.2, -0.15) is 0 Å². The summed E-state index contributed by atoms with van der Waals surface area (Å²) in [5.74, 6) is -0.705. The number of hydrogen-bond donors (Lipinski definition) is 0. The normalized spacial score (nSPS) is 31.3. The fourth-order valence-electron chi connectivity index (χ4n) is 3.20. The zero-order valence-electron chi connectivity index (χ0n) is 10.2. The third kappa shape index (κ3) is 1.78. The molecule has 3 heteroatoms. The van der Waals surface area contributed by atoms with E-state index in [1.165, 1.54) is 6.08 Å². The van der Waals surface area contributed by atoms with Gasteiger partial charge in [0.1, 0.15) is 0 Å². The second-order valence-electron chi connectivity index (χ2n) is 4.80. The van der Waals surface area contributed by atoms with E-state index in [2.05, 4.69) is 13.2 Å². The van der Waals surface area contributed by atoms with Gasteiger partial charge in [0.2, 0.25) is 0 Å². The Labute approximate surface area is 102 Å². The number of carbonyl (C=O) groups excluding carboxylic acids is 1. The van der Waals surface area contributed by atoms with Gasteiger partial charge in [0, 0.05) is 6.42 Å². The Morgan fingerprint density at radius 1 is 1.18 bits per heavy atom. The molecule has 1 atom stereocenters. The minimum Gasteiger partial charge on any atom is -0.346 e. The lowest BCUT2D eigenvalue weighted by atomic mass is 9.64. The molecule has 1 heterocycles. The van der Waals surface area contributed by atoms with Crippen LogP contribution in [0.2, 0.25) is 0 Å². The van der Waals surface area contributed by atoms with Crippen LogP contribution >= 0.6 is 0 Å². The molecule has 1 saturated carbocycles. The third-order valence-corrected chi connectivity index (χ3v) is 3.99. The van der Waals surface area contributed by atoms with E-state index >= 15 is 0 Å². The van der Waals surface area contributed by atoms with Crippen LogP contribution in [0.5, 0.6) is 0 Å². The Hall–Kier alpha value is -0.930. The number of rotatable bonds is 4. The number of ether oxygens (including phenoxy) is 2. The molecule has 0 amide bonds. The van der Waals surface area contributed by atoms with Gasteiger partial charge < -0.3 is 9.47 Å². The van der Waals surface area contributed by atoms with Crippen molar-refractivity contribution in [3.05, 3.63) is 25.3 Å². The number of allylic oxidation sites excluding steroid dienone is 2. The lowest BCUT2D eigenvalue weighted by molar-refractivity contribution is -0.246. The first-order valence-electron chi connectivity index (χ1n) is 6.26. The molecular formula is C14H20O3. The number of carbonyl (C=O) groups is 1. The van der Waals surface area contributed by atoms with Crippen molar-refractivity contribution in [2.24, 2.45) is 5.41 Å². The second kappa shape index (κ2) is 4.75. The van der Waals surface area contributed by atoms with E-state index in [0.29, 0.717) is 19.6 Å². The highest BCUT2D eigenvalue weighted by atomic mass is 16.7. The molecule has 0 aromatic carbocycles. The highest BCUT2D eigenvalue weighted by molar-refractivity contribution is 5.95. The van der Waals surface area contributed by atoms with E-state index in [4.69, 9.17) is 9.47 Å². The maximum atomic E-state index is 12.3. The largest absolute Gasteiger partial charge is 0.346 e. The molecule has 94 valence electrons. The third-order valence-electron chi connectivity index (χ3n) is 3.99. The summed E-state index contributed by atoms with van der Waals surface area (Å²) in [6, 6.07) is 0. The summed E-state index contributed by atoms with van der Waals surface area (Å²) >= 11 is 0. The van der Waals surface area contributed by atoms with Crippen molar-refractivity contribution in [3.63, 3.8) is 0 Å². The van der Waals surface area contributed by atoms with E-state index in [0.717, 1.165) is 25.7 Å². The van der Waals surface area contributed by atoms with Gasteiger partial charge in [0.15, 0.2) is 11.6 Å². The van der Waals surface area contributed by atoms with Gasteiger partial charge in [-0.1, -0.05) is 19.1 Å². The van der Waals surface area contributed by atoms with Crippen LogP contribution < -0.4 is 0 Å². The van der Waals surface area contributed by atoms with Crippen molar-refractivity contribution in [2.75, 3.05) is 13.2 Å². The topological polar surface area (TPSA) is 35.5 Å². The zero-order chi connectivity index (χ0) is 12.4. The van der Waals surface area contributed by atoms with Crippen LogP contribution in [0, 0.1) is 5.41 Å². The van der Waals surface area contributed by atoms with Crippen LogP contribution in [0.4, 0.5) is 0 Å². The second-order valence-corrected chi connectivity index (χ2v) is 4.80. The highest BCUT2D eigenvalue weighted by Gasteiger charge is 2.59. The molecule has 2 rings (SSSR count). The van der Waals surface area contributed by atoms with Gasteiger partial charge in [-0.15, -0.1) is 6.58 Å². The molecule has 1 spiro atoms. The summed E-state index contributed by atoms with van der Waals surface area (Å²) in [4.78, 5) is 12.3. The molecule has 0 bridgehead atoms. The predicted octanol–water partition coefficient (Wildman–Crippen LogP) is 2.62. The SMILES string of the molecule is C=CCC1(C(=O)C=C)CCCCC12OCCO2. The van der Waals surface area contributed by atoms with E-state index < -0.39 is 11.2 Å². The smallest absolute Gasteiger partial charge is 0.181 e. The molecule has 1 unspecified atom stereocenters. The number of ketones is 1. The molecule has 1 saturated heterocycles. The van der Waals surface area contributed by atoms with Gasteiger partial charge in [-0.25, -0.2) is 0 Å². The van der Waals surface area contributed by atoms with Crippen molar-refractivity contribution in [3.8, 4) is 0 Å². The summed E-state index contributed by atoms with van der Waals surface area (Å²) in [5, 5.41) is 0. The first kappa shape index (κ1) is 12.5. The van der Waals surface area contributed by atoms with Crippen LogP contribution in [-0.2, 0) is 14.3 Å². The molecule has 3 nitrogen and oxygen atoms in total. The van der Waals surface area contributed by atoms with Gasteiger partial charge in [0.25, 0.3) is 0 Å². The summed E-state index contributed by atoms with van der Waals surface area (Å²) < 4.78 is 11.7. The van der Waals surface area contributed by atoms with Gasteiger partial charge in [-0.3, -0.25) is 4.79 Å². The summed E-state index contributed by atoms with van der Waals surface area (Å²) in [6.07, 6.45) is 7.45. The lowest BCUT2D eigenvalue weighted by Gasteiger charge is -2.48. The maximum Gasteiger partial charge on any atom is 0.181 e. The maximum absolute atomic E-state index is 12.3. The van der Waals surface area contributed by atoms with Crippen molar-refractivity contribution in [1.82, 2.24) is 0 Å². The van der Waals surface area contributed by atoms with Crippen LogP contribution in [0.1, 0.15) is 32.1 Å². The fraction of sp³-hybridized carbons (Fsp3) is 0.643. The minimum atomic E-state index is -0.731. The zero-order valence-corrected chi connectivity index (χ0v) is 10.2. The molecule has 0 N–H and O–H groups in total. The molecule has 1 aliphatic carbocycles. The lowest BCUT2D eigenvalue weighted by Crippen LogP contribution is -2.55. The highest BCUT2D eigenvalue weighted by Crippen LogP contribution is 2.52. The average Bonchev–Trinajstić information content (AvgIpc) is 2.81. The van der Waals surface area contributed by atoms with Crippen molar-refractivity contribution in [2.45, 2.75) is 37.9 Å². The minimum absolute atomic E-state index is 0.0269. The monoisotopic (exact) mass is 236 g/mol. The van der Waals surface area contributed by atoms with Gasteiger partial charge in [0.05, 0.1) is 18.6 Å². The molecule has 2 fully saturated rings. The molecule has 17 heavy (non-hydrogen) atoms. The number of hydrogen-bond acceptors (Lipinski definition) is 3. The van der Waals surface area contributed by atoms with E-state index in [9.17, 15) is 4.79 Å². The van der Waals surface area contributed by atoms with Crippen molar-refractivity contribution >= 4 is 5.78 Å². The summed E-state index contributed by atoms with van der Waals surface area (Å²) in [5.41, 5.74) is -0.606. The van der Waals surface area contributed by atoms with Crippen LogP contribution in [-0.4, -0.2) is 24.8 Å².